The molecule has 10 nitrogen and oxygen atoms in total. The highest BCUT2D eigenvalue weighted by Crippen LogP contribution is 2.13. The molecule has 1 aliphatic rings. The zero-order chi connectivity index (χ0) is 26.6. The van der Waals surface area contributed by atoms with Crippen molar-refractivity contribution in [1.29, 1.82) is 0 Å². The summed E-state index contributed by atoms with van der Waals surface area (Å²) in [5, 5.41) is 11.7. The second-order valence-corrected chi connectivity index (χ2v) is 8.81. The molecule has 0 radical (unpaired) electrons. The molecule has 37 heavy (non-hydrogen) atoms. The maximum Gasteiger partial charge on any atom is 0.408 e. The number of aliphatic carboxylic acids is 1. The molecule has 1 atom stereocenters. The van der Waals surface area contributed by atoms with Crippen LogP contribution in [0, 0.1) is 6.92 Å². The Hall–Kier alpha value is -4.08. The molecule has 2 aromatic carbocycles. The van der Waals surface area contributed by atoms with Crippen LogP contribution < -0.4 is 10.1 Å². The molecule has 1 aliphatic heterocycles. The lowest BCUT2D eigenvalue weighted by Gasteiger charge is -2.35. The largest absolute Gasteiger partial charge is 0.493 e. The third-order valence-corrected chi connectivity index (χ3v) is 6.04. The van der Waals surface area contributed by atoms with Crippen LogP contribution in [0.4, 0.5) is 4.79 Å². The van der Waals surface area contributed by atoms with Gasteiger partial charge in [-0.2, -0.15) is 0 Å². The fourth-order valence-corrected chi connectivity index (χ4v) is 3.84. The molecular formula is C27H33N3O7. The van der Waals surface area contributed by atoms with Gasteiger partial charge in [-0.05, 0) is 31.0 Å². The van der Waals surface area contributed by atoms with Crippen LogP contribution in [0.25, 0.3) is 0 Å². The first-order valence-electron chi connectivity index (χ1n) is 12.3. The lowest BCUT2D eigenvalue weighted by atomic mass is 10.1. The minimum atomic E-state index is -1.25. The number of amides is 3. The number of carboxylic acid groups (broad SMARTS) is 1. The summed E-state index contributed by atoms with van der Waals surface area (Å²) in [6.07, 6.45) is -0.728. The highest BCUT2D eigenvalue weighted by atomic mass is 16.5. The first-order chi connectivity index (χ1) is 17.8. The van der Waals surface area contributed by atoms with Crippen LogP contribution in [0.5, 0.6) is 5.75 Å². The Kier molecular flexibility index (Phi) is 10.3. The van der Waals surface area contributed by atoms with Crippen molar-refractivity contribution in [3.05, 3.63) is 65.7 Å². The Labute approximate surface area is 216 Å². The van der Waals surface area contributed by atoms with Crippen molar-refractivity contribution in [2.75, 3.05) is 32.8 Å². The molecule has 1 saturated heterocycles. The summed E-state index contributed by atoms with van der Waals surface area (Å²) in [6, 6.07) is 15.4. The van der Waals surface area contributed by atoms with Gasteiger partial charge in [-0.1, -0.05) is 48.0 Å². The molecule has 0 aliphatic carbocycles. The minimum absolute atomic E-state index is 0.0129. The van der Waals surface area contributed by atoms with Gasteiger partial charge >= 0.3 is 12.1 Å². The molecular weight excluding hydrogens is 478 g/mol. The third kappa shape index (κ3) is 9.14. The summed E-state index contributed by atoms with van der Waals surface area (Å²) in [5.74, 6) is -0.788. The van der Waals surface area contributed by atoms with Crippen molar-refractivity contribution in [3.63, 3.8) is 0 Å². The van der Waals surface area contributed by atoms with E-state index in [4.69, 9.17) is 9.47 Å². The van der Waals surface area contributed by atoms with Gasteiger partial charge in [0.2, 0.25) is 11.8 Å². The number of nitrogens with zero attached hydrogens (tertiary/aromatic N) is 2. The van der Waals surface area contributed by atoms with Crippen molar-refractivity contribution in [1.82, 2.24) is 15.1 Å². The third-order valence-electron chi connectivity index (χ3n) is 6.04. The lowest BCUT2D eigenvalue weighted by molar-refractivity contribution is -0.141. The van der Waals surface area contributed by atoms with Gasteiger partial charge in [-0.3, -0.25) is 9.59 Å². The quantitative estimate of drug-likeness (QED) is 0.475. The SMILES string of the molecule is Cc1ccc(OCCC(=O)N2CCN(C(=O)CC[C@H](NC(=O)OCc3ccccc3)C(=O)O)CC2)cc1. The molecule has 198 valence electrons. The second-order valence-electron chi connectivity index (χ2n) is 8.81. The van der Waals surface area contributed by atoms with Crippen molar-refractivity contribution >= 4 is 23.9 Å². The van der Waals surface area contributed by atoms with E-state index >= 15 is 0 Å². The van der Waals surface area contributed by atoms with Crippen molar-refractivity contribution in [2.45, 2.75) is 38.8 Å². The van der Waals surface area contributed by atoms with E-state index in [1.165, 1.54) is 0 Å². The van der Waals surface area contributed by atoms with Crippen molar-refractivity contribution in [3.8, 4) is 5.75 Å². The Morgan fingerprint density at radius 2 is 1.49 bits per heavy atom. The van der Waals surface area contributed by atoms with Gasteiger partial charge in [0, 0.05) is 32.6 Å². The van der Waals surface area contributed by atoms with Crippen LogP contribution in [0.3, 0.4) is 0 Å². The number of benzene rings is 2. The Bertz CT molecular complexity index is 1050. The zero-order valence-electron chi connectivity index (χ0n) is 20.9. The number of carbonyl (C=O) groups excluding carboxylic acids is 3. The first-order valence-corrected chi connectivity index (χ1v) is 12.3. The van der Waals surface area contributed by atoms with Crippen LogP contribution in [-0.4, -0.2) is 77.6 Å². The fourth-order valence-electron chi connectivity index (χ4n) is 3.84. The number of hydrogen-bond acceptors (Lipinski definition) is 6. The number of alkyl carbamates (subject to hydrolysis) is 1. The second kappa shape index (κ2) is 13.9. The van der Waals surface area contributed by atoms with Gasteiger partial charge < -0.3 is 29.7 Å². The molecule has 0 saturated carbocycles. The van der Waals surface area contributed by atoms with E-state index in [-0.39, 0.29) is 44.3 Å². The van der Waals surface area contributed by atoms with E-state index < -0.39 is 18.1 Å². The number of carbonyl (C=O) groups is 4. The van der Waals surface area contributed by atoms with Gasteiger partial charge in [-0.25, -0.2) is 9.59 Å². The molecule has 3 rings (SSSR count). The number of carboxylic acids is 1. The molecule has 0 unspecified atom stereocenters. The van der Waals surface area contributed by atoms with Crippen molar-refractivity contribution in [2.24, 2.45) is 0 Å². The summed E-state index contributed by atoms with van der Waals surface area (Å²) < 4.78 is 10.7. The number of ether oxygens (including phenoxy) is 2. The summed E-state index contributed by atoms with van der Waals surface area (Å²) in [4.78, 5) is 52.0. The van der Waals surface area contributed by atoms with Gasteiger partial charge in [-0.15, -0.1) is 0 Å². The Morgan fingerprint density at radius 1 is 0.892 bits per heavy atom. The summed E-state index contributed by atoms with van der Waals surface area (Å²) in [6.45, 7) is 3.82. The van der Waals surface area contributed by atoms with E-state index in [0.717, 1.165) is 11.1 Å². The number of rotatable bonds is 11. The van der Waals surface area contributed by atoms with E-state index in [0.29, 0.717) is 31.9 Å². The summed E-state index contributed by atoms with van der Waals surface area (Å²) >= 11 is 0. The standard InChI is InChI=1S/C27H33N3O7/c1-20-7-9-22(10-8-20)36-18-13-25(32)30-16-14-29(15-17-30)24(31)12-11-23(26(33)34)28-27(35)37-19-21-5-3-2-4-6-21/h2-10,23H,11-19H2,1H3,(H,28,35)(H,33,34)/t23-/m0/s1. The Morgan fingerprint density at radius 3 is 2.08 bits per heavy atom. The van der Waals surface area contributed by atoms with Crippen molar-refractivity contribution < 1.29 is 33.8 Å². The minimum Gasteiger partial charge on any atom is -0.493 e. The summed E-state index contributed by atoms with van der Waals surface area (Å²) in [7, 11) is 0. The van der Waals surface area contributed by atoms with Gasteiger partial charge in [0.1, 0.15) is 18.4 Å². The average Bonchev–Trinajstić information content (AvgIpc) is 2.91. The predicted molar refractivity (Wildman–Crippen MR) is 135 cm³/mol. The molecule has 1 fully saturated rings. The van der Waals surface area contributed by atoms with E-state index in [9.17, 15) is 24.3 Å². The van der Waals surface area contributed by atoms with Gasteiger partial charge in [0.15, 0.2) is 0 Å². The van der Waals surface area contributed by atoms with E-state index in [1.807, 2.05) is 37.3 Å². The van der Waals surface area contributed by atoms with Crippen LogP contribution >= 0.6 is 0 Å². The molecule has 0 bridgehead atoms. The number of aryl methyl sites for hydroxylation is 1. The monoisotopic (exact) mass is 511 g/mol. The molecule has 2 N–H and O–H groups in total. The lowest BCUT2D eigenvalue weighted by Crippen LogP contribution is -2.51. The molecule has 2 aromatic rings. The maximum atomic E-state index is 12.6. The van der Waals surface area contributed by atoms with E-state index in [2.05, 4.69) is 5.32 Å². The zero-order valence-corrected chi connectivity index (χ0v) is 20.9. The fraction of sp³-hybridized carbons (Fsp3) is 0.407. The molecule has 10 heteroatoms. The van der Waals surface area contributed by atoms with Crippen LogP contribution in [-0.2, 0) is 25.7 Å². The normalized spacial score (nSPS) is 14.0. The highest BCUT2D eigenvalue weighted by Gasteiger charge is 2.26. The van der Waals surface area contributed by atoms with E-state index in [1.54, 1.807) is 34.1 Å². The van der Waals surface area contributed by atoms with Crippen LogP contribution in [0.2, 0.25) is 0 Å². The smallest absolute Gasteiger partial charge is 0.408 e. The van der Waals surface area contributed by atoms with Crippen LogP contribution in [0.1, 0.15) is 30.4 Å². The average molecular weight is 512 g/mol. The van der Waals surface area contributed by atoms with Gasteiger partial charge in [0.25, 0.3) is 0 Å². The summed E-state index contributed by atoms with van der Waals surface area (Å²) in [5.41, 5.74) is 1.91. The topological polar surface area (TPSA) is 125 Å². The molecule has 0 spiro atoms. The Balaban J connectivity index is 1.34. The van der Waals surface area contributed by atoms with Crippen LogP contribution in [0.15, 0.2) is 54.6 Å². The highest BCUT2D eigenvalue weighted by molar-refractivity contribution is 5.82. The first kappa shape index (κ1) is 27.5. The molecule has 1 heterocycles. The maximum absolute atomic E-state index is 12.6. The number of nitrogens with one attached hydrogen (secondary N) is 1. The predicted octanol–water partition coefficient (Wildman–Crippen LogP) is 2.59. The molecule has 3 amide bonds. The van der Waals surface area contributed by atoms with Gasteiger partial charge in [0.05, 0.1) is 13.0 Å². The number of hydrogen-bond donors (Lipinski definition) is 2. The molecule has 0 aromatic heterocycles. The number of piperazine rings is 1.